The fraction of sp³-hybridized carbons (Fsp3) is 0.538. The van der Waals surface area contributed by atoms with Crippen molar-refractivity contribution in [3.05, 3.63) is 34.9 Å². The van der Waals surface area contributed by atoms with Crippen molar-refractivity contribution >= 4 is 0 Å². The molecule has 1 fully saturated rings. The number of hydrogen-bond acceptors (Lipinski definition) is 2. The van der Waals surface area contributed by atoms with Crippen molar-refractivity contribution in [2.45, 2.75) is 19.6 Å². The average Bonchev–Trinajstić information content (AvgIpc) is 2.32. The molecule has 2 rings (SSSR count). The van der Waals surface area contributed by atoms with Crippen LogP contribution in [0.5, 0.6) is 0 Å². The Morgan fingerprint density at radius 2 is 1.89 bits per heavy atom. The number of nitrogens with one attached hydrogen (secondary N) is 1. The molecule has 1 heterocycles. The summed E-state index contributed by atoms with van der Waals surface area (Å²) >= 11 is 0. The Bertz CT molecular complexity index is 409. The minimum Gasteiger partial charge on any atom is -0.314 e. The molecule has 18 heavy (non-hydrogen) atoms. The second kappa shape index (κ2) is 5.28. The van der Waals surface area contributed by atoms with E-state index in [4.69, 9.17) is 0 Å². The van der Waals surface area contributed by atoms with Gasteiger partial charge >= 0.3 is 6.18 Å². The van der Waals surface area contributed by atoms with Gasteiger partial charge in [0.2, 0.25) is 0 Å². The number of piperazine rings is 1. The van der Waals surface area contributed by atoms with Crippen molar-refractivity contribution in [1.82, 2.24) is 10.2 Å². The molecule has 0 spiro atoms. The highest BCUT2D eigenvalue weighted by Crippen LogP contribution is 2.30. The highest BCUT2D eigenvalue weighted by Gasteiger charge is 2.30. The first-order chi connectivity index (χ1) is 8.47. The first kappa shape index (κ1) is 13.4. The van der Waals surface area contributed by atoms with Crippen LogP contribution in [0, 0.1) is 6.92 Å². The van der Waals surface area contributed by atoms with Gasteiger partial charge in [-0.2, -0.15) is 13.2 Å². The van der Waals surface area contributed by atoms with Gasteiger partial charge in [0.15, 0.2) is 0 Å². The fourth-order valence-electron chi connectivity index (χ4n) is 2.16. The van der Waals surface area contributed by atoms with Crippen LogP contribution in [0.25, 0.3) is 0 Å². The maximum Gasteiger partial charge on any atom is 0.416 e. The monoisotopic (exact) mass is 258 g/mol. The van der Waals surface area contributed by atoms with Crippen LogP contribution in [0.1, 0.15) is 16.7 Å². The molecule has 1 saturated heterocycles. The molecule has 1 aromatic rings. The lowest BCUT2D eigenvalue weighted by atomic mass is 10.0. The quantitative estimate of drug-likeness (QED) is 0.876. The standard InChI is InChI=1S/C13H17F3N2/c1-10-8-12(13(14,15)16)3-2-11(10)9-18-6-4-17-5-7-18/h2-3,8,17H,4-7,9H2,1H3. The summed E-state index contributed by atoms with van der Waals surface area (Å²) in [5.74, 6) is 0. The highest BCUT2D eigenvalue weighted by atomic mass is 19.4. The Morgan fingerprint density at radius 3 is 2.44 bits per heavy atom. The Kier molecular flexibility index (Phi) is 3.92. The van der Waals surface area contributed by atoms with Gasteiger partial charge in [0.25, 0.3) is 0 Å². The second-order valence-electron chi connectivity index (χ2n) is 4.67. The van der Waals surface area contributed by atoms with E-state index in [0.29, 0.717) is 5.56 Å². The molecule has 1 aromatic carbocycles. The molecule has 2 nitrogen and oxygen atoms in total. The maximum atomic E-state index is 12.5. The molecule has 0 bridgehead atoms. The van der Waals surface area contributed by atoms with Crippen molar-refractivity contribution < 1.29 is 13.2 Å². The van der Waals surface area contributed by atoms with Gasteiger partial charge in [-0.25, -0.2) is 0 Å². The summed E-state index contributed by atoms with van der Waals surface area (Å²) in [5.41, 5.74) is 1.12. The smallest absolute Gasteiger partial charge is 0.314 e. The topological polar surface area (TPSA) is 15.3 Å². The predicted octanol–water partition coefficient (Wildman–Crippen LogP) is 2.42. The molecule has 1 aliphatic rings. The minimum atomic E-state index is -4.25. The van der Waals surface area contributed by atoms with Gasteiger partial charge in [0.1, 0.15) is 0 Å². The predicted molar refractivity (Wildman–Crippen MR) is 64.3 cm³/mol. The zero-order chi connectivity index (χ0) is 13.2. The van der Waals surface area contributed by atoms with E-state index in [1.807, 2.05) is 0 Å². The molecule has 0 unspecified atom stereocenters. The zero-order valence-electron chi connectivity index (χ0n) is 10.3. The maximum absolute atomic E-state index is 12.5. The van der Waals surface area contributed by atoms with E-state index in [1.165, 1.54) is 12.1 Å². The summed E-state index contributed by atoms with van der Waals surface area (Å²) in [4.78, 5) is 2.26. The number of aryl methyl sites for hydroxylation is 1. The lowest BCUT2D eigenvalue weighted by Crippen LogP contribution is -2.43. The lowest BCUT2D eigenvalue weighted by molar-refractivity contribution is -0.137. The molecule has 0 radical (unpaired) electrons. The van der Waals surface area contributed by atoms with Crippen LogP contribution in [0.4, 0.5) is 13.2 Å². The van der Waals surface area contributed by atoms with Gasteiger partial charge in [-0.15, -0.1) is 0 Å². The molecule has 1 aliphatic heterocycles. The third kappa shape index (κ3) is 3.23. The second-order valence-corrected chi connectivity index (χ2v) is 4.67. The van der Waals surface area contributed by atoms with Crippen LogP contribution in [0.3, 0.4) is 0 Å². The van der Waals surface area contributed by atoms with Crippen molar-refractivity contribution in [2.24, 2.45) is 0 Å². The number of benzene rings is 1. The number of hydrogen-bond donors (Lipinski definition) is 1. The van der Waals surface area contributed by atoms with Gasteiger partial charge in [0.05, 0.1) is 5.56 Å². The van der Waals surface area contributed by atoms with E-state index in [-0.39, 0.29) is 0 Å². The summed E-state index contributed by atoms with van der Waals surface area (Å²) in [6.45, 7) is 6.25. The van der Waals surface area contributed by atoms with Gasteiger partial charge in [-0.1, -0.05) is 6.07 Å². The number of halogens is 3. The minimum absolute atomic E-state index is 0.566. The van der Waals surface area contributed by atoms with E-state index in [9.17, 15) is 13.2 Å². The molecular formula is C13H17F3N2. The first-order valence-electron chi connectivity index (χ1n) is 6.06. The van der Waals surface area contributed by atoms with Crippen molar-refractivity contribution in [1.29, 1.82) is 0 Å². The first-order valence-corrected chi connectivity index (χ1v) is 6.06. The SMILES string of the molecule is Cc1cc(C(F)(F)F)ccc1CN1CCNCC1. The van der Waals surface area contributed by atoms with E-state index < -0.39 is 11.7 Å². The van der Waals surface area contributed by atoms with Crippen LogP contribution in [0.15, 0.2) is 18.2 Å². The summed E-state index contributed by atoms with van der Waals surface area (Å²) in [7, 11) is 0. The van der Waals surface area contributed by atoms with E-state index in [1.54, 1.807) is 13.0 Å². The Morgan fingerprint density at radius 1 is 1.22 bits per heavy atom. The normalized spacial score (nSPS) is 18.0. The third-order valence-corrected chi connectivity index (χ3v) is 3.27. The Labute approximate surface area is 105 Å². The number of rotatable bonds is 2. The number of alkyl halides is 3. The summed E-state index contributed by atoms with van der Waals surface area (Å²) < 4.78 is 37.6. The van der Waals surface area contributed by atoms with Crippen molar-refractivity contribution in [3.63, 3.8) is 0 Å². The molecule has 5 heteroatoms. The van der Waals surface area contributed by atoms with Crippen molar-refractivity contribution in [3.8, 4) is 0 Å². The summed E-state index contributed by atoms with van der Waals surface area (Å²) in [5, 5.41) is 3.25. The largest absolute Gasteiger partial charge is 0.416 e. The lowest BCUT2D eigenvalue weighted by Gasteiger charge is -2.27. The summed E-state index contributed by atoms with van der Waals surface area (Å²) in [6, 6.07) is 4.00. The van der Waals surface area contributed by atoms with Gasteiger partial charge in [-0.05, 0) is 30.2 Å². The van der Waals surface area contributed by atoms with E-state index in [0.717, 1.165) is 38.3 Å². The molecule has 0 aromatic heterocycles. The molecule has 1 N–H and O–H groups in total. The van der Waals surface area contributed by atoms with Crippen LogP contribution >= 0.6 is 0 Å². The number of nitrogens with zero attached hydrogens (tertiary/aromatic N) is 1. The zero-order valence-corrected chi connectivity index (χ0v) is 10.3. The summed E-state index contributed by atoms with van der Waals surface area (Å²) in [6.07, 6.45) is -4.25. The molecular weight excluding hydrogens is 241 g/mol. The average molecular weight is 258 g/mol. The Hall–Kier alpha value is -1.07. The van der Waals surface area contributed by atoms with Crippen LogP contribution in [-0.2, 0) is 12.7 Å². The van der Waals surface area contributed by atoms with Crippen LogP contribution in [-0.4, -0.2) is 31.1 Å². The van der Waals surface area contributed by atoms with Gasteiger partial charge in [0, 0.05) is 32.7 Å². The highest BCUT2D eigenvalue weighted by molar-refractivity contribution is 5.32. The van der Waals surface area contributed by atoms with Gasteiger partial charge < -0.3 is 5.32 Å². The molecule has 0 atom stereocenters. The van der Waals surface area contributed by atoms with Crippen LogP contribution < -0.4 is 5.32 Å². The van der Waals surface area contributed by atoms with Crippen molar-refractivity contribution in [2.75, 3.05) is 26.2 Å². The fourth-order valence-corrected chi connectivity index (χ4v) is 2.16. The Balaban J connectivity index is 2.09. The van der Waals surface area contributed by atoms with E-state index in [2.05, 4.69) is 10.2 Å². The third-order valence-electron chi connectivity index (χ3n) is 3.27. The van der Waals surface area contributed by atoms with Crippen LogP contribution in [0.2, 0.25) is 0 Å². The molecule has 0 amide bonds. The molecule has 100 valence electrons. The molecule has 0 aliphatic carbocycles. The van der Waals surface area contributed by atoms with E-state index >= 15 is 0 Å². The van der Waals surface area contributed by atoms with Gasteiger partial charge in [-0.3, -0.25) is 4.90 Å². The molecule has 0 saturated carbocycles.